The van der Waals surface area contributed by atoms with Crippen molar-refractivity contribution in [2.24, 2.45) is 0 Å². The van der Waals surface area contributed by atoms with E-state index in [-0.39, 0.29) is 23.7 Å². The predicted molar refractivity (Wildman–Crippen MR) is 114 cm³/mol. The molecule has 0 spiro atoms. The smallest absolute Gasteiger partial charge is 0.313 e. The largest absolute Gasteiger partial charge is 0.348 e. The molecule has 0 saturated heterocycles. The molecule has 3 N–H and O–H groups in total. The fourth-order valence-electron chi connectivity index (χ4n) is 2.81. The maximum absolute atomic E-state index is 12.6. The lowest BCUT2D eigenvalue weighted by Crippen LogP contribution is -2.35. The first kappa shape index (κ1) is 20.7. The molecule has 7 heteroatoms. The fourth-order valence-corrected chi connectivity index (χ4v) is 2.81. The van der Waals surface area contributed by atoms with Gasteiger partial charge < -0.3 is 16.0 Å². The topological polar surface area (TPSA) is 100 Å². The Balaban J connectivity index is 1.61. The van der Waals surface area contributed by atoms with E-state index in [1.165, 1.54) is 0 Å². The Morgan fingerprint density at radius 3 is 2.37 bits per heavy atom. The van der Waals surface area contributed by atoms with Gasteiger partial charge in [0.05, 0.1) is 11.3 Å². The van der Waals surface area contributed by atoms with E-state index >= 15 is 0 Å². The van der Waals surface area contributed by atoms with Gasteiger partial charge in [-0.2, -0.15) is 0 Å². The molecule has 0 aliphatic rings. The molecule has 2 aromatic carbocycles. The molecule has 0 aliphatic carbocycles. The third-order valence-corrected chi connectivity index (χ3v) is 4.50. The quantitative estimate of drug-likeness (QED) is 0.552. The number of pyridine rings is 1. The van der Waals surface area contributed by atoms with Gasteiger partial charge in [-0.25, -0.2) is 0 Å². The number of rotatable bonds is 6. The molecule has 1 heterocycles. The van der Waals surface area contributed by atoms with Gasteiger partial charge in [-0.3, -0.25) is 19.4 Å². The zero-order valence-corrected chi connectivity index (χ0v) is 16.5. The van der Waals surface area contributed by atoms with Crippen molar-refractivity contribution in [1.82, 2.24) is 15.6 Å². The van der Waals surface area contributed by atoms with Crippen LogP contribution < -0.4 is 16.0 Å². The number of nitrogens with one attached hydrogen (secondary N) is 3. The van der Waals surface area contributed by atoms with E-state index < -0.39 is 11.8 Å². The molecule has 3 amide bonds. The van der Waals surface area contributed by atoms with Gasteiger partial charge in [-0.15, -0.1) is 0 Å². The third-order valence-electron chi connectivity index (χ3n) is 4.50. The minimum atomic E-state index is -0.849. The number of anilines is 1. The second-order valence-corrected chi connectivity index (χ2v) is 6.65. The van der Waals surface area contributed by atoms with Crippen molar-refractivity contribution >= 4 is 23.4 Å². The van der Waals surface area contributed by atoms with Crippen molar-refractivity contribution in [1.29, 1.82) is 0 Å². The first-order chi connectivity index (χ1) is 14.5. The van der Waals surface area contributed by atoms with Crippen LogP contribution in [0.3, 0.4) is 0 Å². The minimum absolute atomic E-state index is 0.179. The Morgan fingerprint density at radius 1 is 0.833 bits per heavy atom. The molecule has 152 valence electrons. The molecule has 0 saturated carbocycles. The van der Waals surface area contributed by atoms with Gasteiger partial charge in [0.1, 0.15) is 0 Å². The van der Waals surface area contributed by atoms with Gasteiger partial charge in [-0.05, 0) is 41.8 Å². The lowest BCUT2D eigenvalue weighted by Gasteiger charge is -2.12. The van der Waals surface area contributed by atoms with Crippen LogP contribution in [-0.2, 0) is 22.7 Å². The number of benzene rings is 2. The highest BCUT2D eigenvalue weighted by atomic mass is 16.2. The summed E-state index contributed by atoms with van der Waals surface area (Å²) in [5, 5.41) is 7.89. The van der Waals surface area contributed by atoms with Crippen molar-refractivity contribution in [3.63, 3.8) is 0 Å². The van der Waals surface area contributed by atoms with Gasteiger partial charge >= 0.3 is 11.8 Å². The van der Waals surface area contributed by atoms with E-state index in [1.807, 2.05) is 31.2 Å². The van der Waals surface area contributed by atoms with Crippen LogP contribution in [0.4, 0.5) is 5.69 Å². The van der Waals surface area contributed by atoms with Crippen LogP contribution in [0.15, 0.2) is 73.1 Å². The lowest BCUT2D eigenvalue weighted by molar-refractivity contribution is -0.136. The number of hydrogen-bond acceptors (Lipinski definition) is 4. The van der Waals surface area contributed by atoms with Gasteiger partial charge in [0.25, 0.3) is 5.91 Å². The maximum atomic E-state index is 12.6. The number of carbonyl (C=O) groups excluding carboxylic acids is 3. The fraction of sp³-hybridized carbons (Fsp3) is 0.130. The van der Waals surface area contributed by atoms with Gasteiger partial charge in [0.2, 0.25) is 0 Å². The molecule has 0 radical (unpaired) electrons. The van der Waals surface area contributed by atoms with Crippen LogP contribution in [0, 0.1) is 6.92 Å². The molecule has 0 unspecified atom stereocenters. The monoisotopic (exact) mass is 402 g/mol. The summed E-state index contributed by atoms with van der Waals surface area (Å²) >= 11 is 0. The molecule has 7 nitrogen and oxygen atoms in total. The summed E-state index contributed by atoms with van der Waals surface area (Å²) in [6, 6.07) is 17.8. The van der Waals surface area contributed by atoms with E-state index in [9.17, 15) is 14.4 Å². The van der Waals surface area contributed by atoms with Crippen molar-refractivity contribution in [3.8, 4) is 0 Å². The summed E-state index contributed by atoms with van der Waals surface area (Å²) in [7, 11) is 0. The summed E-state index contributed by atoms with van der Waals surface area (Å²) in [6.45, 7) is 2.51. The molecule has 30 heavy (non-hydrogen) atoms. The number of hydrogen-bond donors (Lipinski definition) is 3. The Bertz CT molecular complexity index is 1050. The summed E-state index contributed by atoms with van der Waals surface area (Å²) in [5.41, 5.74) is 3.39. The van der Waals surface area contributed by atoms with Crippen LogP contribution in [0.2, 0.25) is 0 Å². The van der Waals surface area contributed by atoms with E-state index in [0.29, 0.717) is 6.54 Å². The SMILES string of the molecule is Cc1ccccc1CNC(=O)c1ccccc1NC(=O)C(=O)NCc1cccnc1. The number of carbonyl (C=O) groups is 3. The number of amides is 3. The van der Waals surface area contributed by atoms with E-state index in [1.54, 1.807) is 48.8 Å². The first-order valence-corrected chi connectivity index (χ1v) is 9.44. The maximum Gasteiger partial charge on any atom is 0.313 e. The van der Waals surface area contributed by atoms with Crippen LogP contribution in [0.25, 0.3) is 0 Å². The molecular formula is C23H22N4O3. The normalized spacial score (nSPS) is 10.2. The average molecular weight is 402 g/mol. The van der Waals surface area contributed by atoms with Gasteiger partial charge in [0, 0.05) is 25.5 Å². The number of aryl methyl sites for hydroxylation is 1. The van der Waals surface area contributed by atoms with Crippen LogP contribution in [-0.4, -0.2) is 22.7 Å². The molecule has 0 bridgehead atoms. The van der Waals surface area contributed by atoms with Crippen molar-refractivity contribution in [2.75, 3.05) is 5.32 Å². The van der Waals surface area contributed by atoms with Crippen LogP contribution >= 0.6 is 0 Å². The zero-order chi connectivity index (χ0) is 21.3. The standard InChI is InChI=1S/C23H22N4O3/c1-16-7-2-3-9-18(16)15-26-21(28)19-10-4-5-11-20(19)27-23(30)22(29)25-14-17-8-6-12-24-13-17/h2-13H,14-15H2,1H3,(H,25,29)(H,26,28)(H,27,30). The Morgan fingerprint density at radius 2 is 1.60 bits per heavy atom. The molecule has 3 aromatic rings. The number of nitrogens with zero attached hydrogens (tertiary/aromatic N) is 1. The average Bonchev–Trinajstić information content (AvgIpc) is 2.77. The number of para-hydroxylation sites is 1. The van der Waals surface area contributed by atoms with Crippen molar-refractivity contribution in [3.05, 3.63) is 95.3 Å². The van der Waals surface area contributed by atoms with Crippen LogP contribution in [0.5, 0.6) is 0 Å². The van der Waals surface area contributed by atoms with Crippen LogP contribution in [0.1, 0.15) is 27.0 Å². The Hall–Kier alpha value is -4.00. The second kappa shape index (κ2) is 9.97. The highest BCUT2D eigenvalue weighted by Crippen LogP contribution is 2.15. The second-order valence-electron chi connectivity index (χ2n) is 6.65. The summed E-state index contributed by atoms with van der Waals surface area (Å²) in [6.07, 6.45) is 3.23. The Labute approximate surface area is 174 Å². The molecule has 0 atom stereocenters. The third kappa shape index (κ3) is 5.51. The summed E-state index contributed by atoms with van der Waals surface area (Å²) in [5.74, 6) is -1.99. The van der Waals surface area contributed by atoms with E-state index in [2.05, 4.69) is 20.9 Å². The van der Waals surface area contributed by atoms with E-state index in [4.69, 9.17) is 0 Å². The molecule has 0 aliphatic heterocycles. The minimum Gasteiger partial charge on any atom is -0.348 e. The van der Waals surface area contributed by atoms with Crippen molar-refractivity contribution in [2.45, 2.75) is 20.0 Å². The van der Waals surface area contributed by atoms with Gasteiger partial charge in [-0.1, -0.05) is 42.5 Å². The summed E-state index contributed by atoms with van der Waals surface area (Å²) in [4.78, 5) is 41.0. The van der Waals surface area contributed by atoms with Crippen molar-refractivity contribution < 1.29 is 14.4 Å². The highest BCUT2D eigenvalue weighted by molar-refractivity contribution is 6.40. The van der Waals surface area contributed by atoms with E-state index in [0.717, 1.165) is 16.7 Å². The molecule has 0 fully saturated rings. The highest BCUT2D eigenvalue weighted by Gasteiger charge is 2.17. The first-order valence-electron chi connectivity index (χ1n) is 9.44. The predicted octanol–water partition coefficient (Wildman–Crippen LogP) is 2.57. The zero-order valence-electron chi connectivity index (χ0n) is 16.5. The molecule has 3 rings (SSSR count). The molecular weight excluding hydrogens is 380 g/mol. The number of aromatic nitrogens is 1. The molecule has 1 aromatic heterocycles. The van der Waals surface area contributed by atoms with Gasteiger partial charge in [0.15, 0.2) is 0 Å². The summed E-state index contributed by atoms with van der Waals surface area (Å²) < 4.78 is 0. The lowest BCUT2D eigenvalue weighted by atomic mass is 10.1. The Kier molecular flexibility index (Phi) is 6.89.